The molecule has 3 aliphatic heterocycles. The van der Waals surface area contributed by atoms with Gasteiger partial charge in [-0.2, -0.15) is 10.2 Å². The number of hydrogen-bond donors (Lipinski definition) is 1. The van der Waals surface area contributed by atoms with Crippen LogP contribution in [0.15, 0.2) is 39.8 Å². The summed E-state index contributed by atoms with van der Waals surface area (Å²) in [7, 11) is 2.12. The monoisotopic (exact) mass is 664 g/mol. The van der Waals surface area contributed by atoms with E-state index in [4.69, 9.17) is 29.7 Å². The lowest BCUT2D eigenvalue weighted by Crippen LogP contribution is -2.30. The van der Waals surface area contributed by atoms with Crippen molar-refractivity contribution >= 4 is 11.5 Å². The molecule has 6 heterocycles. The number of aryl methyl sites for hydroxylation is 1. The molecule has 3 aromatic heterocycles. The van der Waals surface area contributed by atoms with Gasteiger partial charge in [-0.05, 0) is 69.0 Å². The molecular formula is C37H44N8O4. The van der Waals surface area contributed by atoms with Crippen LogP contribution in [0.2, 0.25) is 0 Å². The van der Waals surface area contributed by atoms with Crippen molar-refractivity contribution < 1.29 is 14.0 Å². The number of fused-ring (bicyclic) bond motifs is 1. The molecular weight excluding hydrogens is 620 g/mol. The molecule has 2 unspecified atom stereocenters. The predicted molar refractivity (Wildman–Crippen MR) is 186 cm³/mol. The van der Waals surface area contributed by atoms with E-state index in [1.54, 1.807) is 6.07 Å². The minimum absolute atomic E-state index is 0.0233. The molecule has 256 valence electrons. The first-order chi connectivity index (χ1) is 23.9. The number of nitrogen functional groups attached to an aromatic ring is 1. The molecule has 3 aliphatic rings. The summed E-state index contributed by atoms with van der Waals surface area (Å²) in [4.78, 5) is 28.0. The first-order valence-electron chi connectivity index (χ1n) is 17.5. The zero-order valence-corrected chi connectivity index (χ0v) is 28.6. The maximum Gasteiger partial charge on any atom is 0.256 e. The summed E-state index contributed by atoms with van der Waals surface area (Å²) >= 11 is 0. The summed E-state index contributed by atoms with van der Waals surface area (Å²) in [5, 5.41) is 14.7. The number of likely N-dealkylation sites (tertiary alicyclic amines) is 1. The molecule has 12 nitrogen and oxygen atoms in total. The third-order valence-corrected chi connectivity index (χ3v) is 10.1. The van der Waals surface area contributed by atoms with E-state index in [-0.39, 0.29) is 11.6 Å². The summed E-state index contributed by atoms with van der Waals surface area (Å²) in [6, 6.07) is 10.3. The standard InChI is InChI=1S/C37H44N8O4/c1-4-7-23-10-11-30(39)28(18-38)33(23)35-27(8-5-2)34(42-49-35)36-40-31(17-32(41-36)48-22-25-9-6-14-43(25)3)44-19-24-12-15-45(26-13-16-47-21-26)37(46)29(24)20-44/h10-12,15,17,25-26H,4-9,13-14,16,19-22,39H2,1-3H3. The summed E-state index contributed by atoms with van der Waals surface area (Å²) < 4.78 is 19.9. The van der Waals surface area contributed by atoms with Gasteiger partial charge in [0, 0.05) is 48.1 Å². The normalized spacial score (nSPS) is 19.0. The Hall–Kier alpha value is -4.73. The first-order valence-corrected chi connectivity index (χ1v) is 17.5. The molecule has 2 saturated heterocycles. The predicted octanol–water partition coefficient (Wildman–Crippen LogP) is 5.27. The number of anilines is 2. The molecule has 0 saturated carbocycles. The van der Waals surface area contributed by atoms with Gasteiger partial charge in [0.1, 0.15) is 18.5 Å². The SMILES string of the molecule is CCCc1ccc(N)c(C#N)c1-c1onc(-c2nc(OCC3CCCN3C)cc(N3Cc4ccn(C5CCOC5)c(=O)c4C3)n2)c1CCC. The van der Waals surface area contributed by atoms with Crippen LogP contribution in [0.1, 0.15) is 79.8 Å². The average molecular weight is 665 g/mol. The number of aromatic nitrogens is 4. The van der Waals surface area contributed by atoms with Gasteiger partial charge < -0.3 is 34.1 Å². The third kappa shape index (κ3) is 6.29. The Bertz CT molecular complexity index is 1940. The molecule has 0 radical (unpaired) electrons. The van der Waals surface area contributed by atoms with Gasteiger partial charge in [-0.25, -0.2) is 4.98 Å². The first kappa shape index (κ1) is 32.8. The highest BCUT2D eigenvalue weighted by molar-refractivity contribution is 5.81. The minimum Gasteiger partial charge on any atom is -0.476 e. The Morgan fingerprint density at radius 3 is 2.71 bits per heavy atom. The van der Waals surface area contributed by atoms with Crippen molar-refractivity contribution in [1.82, 2.24) is 24.6 Å². The van der Waals surface area contributed by atoms with Crippen LogP contribution in [0.3, 0.4) is 0 Å². The highest BCUT2D eigenvalue weighted by atomic mass is 16.5. The lowest BCUT2D eigenvalue weighted by Gasteiger charge is -2.21. The molecule has 12 heteroatoms. The summed E-state index contributed by atoms with van der Waals surface area (Å²) in [6.07, 6.45) is 8.03. The molecule has 1 aromatic carbocycles. The van der Waals surface area contributed by atoms with Gasteiger partial charge in [-0.15, -0.1) is 0 Å². The highest BCUT2D eigenvalue weighted by Gasteiger charge is 2.30. The van der Waals surface area contributed by atoms with Gasteiger partial charge >= 0.3 is 0 Å². The van der Waals surface area contributed by atoms with Crippen LogP contribution >= 0.6 is 0 Å². The Kier molecular flexibility index (Phi) is 9.38. The number of likely N-dealkylation sites (N-methyl/N-ethyl adjacent to an activating group) is 1. The quantitative estimate of drug-likeness (QED) is 0.209. The largest absolute Gasteiger partial charge is 0.476 e. The van der Waals surface area contributed by atoms with Crippen molar-refractivity contribution in [3.63, 3.8) is 0 Å². The Morgan fingerprint density at radius 2 is 1.98 bits per heavy atom. The number of nitrogens with zero attached hydrogens (tertiary/aromatic N) is 7. The van der Waals surface area contributed by atoms with E-state index in [1.165, 1.54) is 0 Å². The summed E-state index contributed by atoms with van der Waals surface area (Å²) in [6.45, 7) is 7.92. The maximum atomic E-state index is 13.6. The van der Waals surface area contributed by atoms with E-state index in [0.29, 0.717) is 91.2 Å². The van der Waals surface area contributed by atoms with Crippen molar-refractivity contribution in [2.45, 2.75) is 84.0 Å². The molecule has 2 fully saturated rings. The Labute approximate surface area is 286 Å². The minimum atomic E-state index is 0.0233. The molecule has 4 aromatic rings. The number of nitrogens with two attached hydrogens (primary N) is 1. The zero-order chi connectivity index (χ0) is 34.1. The van der Waals surface area contributed by atoms with Crippen LogP contribution in [-0.2, 0) is 30.7 Å². The number of nitriles is 1. The van der Waals surface area contributed by atoms with Gasteiger partial charge in [0.2, 0.25) is 5.88 Å². The zero-order valence-electron chi connectivity index (χ0n) is 28.6. The van der Waals surface area contributed by atoms with Crippen LogP contribution in [-0.4, -0.2) is 64.0 Å². The second-order valence-electron chi connectivity index (χ2n) is 13.4. The fourth-order valence-electron chi connectivity index (χ4n) is 7.40. The van der Waals surface area contributed by atoms with Crippen molar-refractivity contribution in [2.24, 2.45) is 0 Å². The Morgan fingerprint density at radius 1 is 1.12 bits per heavy atom. The maximum absolute atomic E-state index is 13.6. The molecule has 0 amide bonds. The second kappa shape index (κ2) is 14.0. The third-order valence-electron chi connectivity index (χ3n) is 10.1. The smallest absolute Gasteiger partial charge is 0.256 e. The van der Waals surface area contributed by atoms with Gasteiger partial charge in [-0.3, -0.25) is 4.79 Å². The molecule has 49 heavy (non-hydrogen) atoms. The van der Waals surface area contributed by atoms with E-state index >= 15 is 0 Å². The van der Waals surface area contributed by atoms with Crippen LogP contribution in [0.25, 0.3) is 22.8 Å². The number of benzene rings is 1. The van der Waals surface area contributed by atoms with E-state index in [9.17, 15) is 10.1 Å². The van der Waals surface area contributed by atoms with Crippen LogP contribution in [0.4, 0.5) is 11.5 Å². The number of hydrogen-bond acceptors (Lipinski definition) is 11. The van der Waals surface area contributed by atoms with E-state index in [0.717, 1.165) is 67.3 Å². The van der Waals surface area contributed by atoms with Crippen LogP contribution in [0, 0.1) is 11.3 Å². The summed E-state index contributed by atoms with van der Waals surface area (Å²) in [5.41, 5.74) is 11.9. The molecule has 0 bridgehead atoms. The number of pyridine rings is 1. The van der Waals surface area contributed by atoms with E-state index in [2.05, 4.69) is 41.9 Å². The van der Waals surface area contributed by atoms with Gasteiger partial charge in [0.25, 0.3) is 5.56 Å². The number of ether oxygens (including phenoxy) is 2. The van der Waals surface area contributed by atoms with E-state index < -0.39 is 0 Å². The average Bonchev–Trinajstić information content (AvgIpc) is 3.93. The lowest BCUT2D eigenvalue weighted by molar-refractivity contribution is 0.186. The highest BCUT2D eigenvalue weighted by Crippen LogP contribution is 2.39. The van der Waals surface area contributed by atoms with Crippen molar-refractivity contribution in [3.05, 3.63) is 68.6 Å². The van der Waals surface area contributed by atoms with Crippen molar-refractivity contribution in [1.29, 1.82) is 5.26 Å². The van der Waals surface area contributed by atoms with Crippen LogP contribution in [0.5, 0.6) is 5.88 Å². The number of rotatable bonds is 11. The van der Waals surface area contributed by atoms with Gasteiger partial charge in [0.05, 0.1) is 30.4 Å². The lowest BCUT2D eigenvalue weighted by atomic mass is 9.91. The molecule has 7 rings (SSSR count). The van der Waals surface area contributed by atoms with Gasteiger partial charge in [-0.1, -0.05) is 37.9 Å². The van der Waals surface area contributed by atoms with Crippen molar-refractivity contribution in [2.75, 3.05) is 44.0 Å². The molecule has 0 spiro atoms. The van der Waals surface area contributed by atoms with E-state index in [1.807, 2.05) is 29.0 Å². The second-order valence-corrected chi connectivity index (χ2v) is 13.4. The fraction of sp³-hybridized carbons (Fsp3) is 0.486. The topological polar surface area (TPSA) is 149 Å². The molecule has 2 N–H and O–H groups in total. The summed E-state index contributed by atoms with van der Waals surface area (Å²) in [5.74, 6) is 1.99. The fourth-order valence-corrected chi connectivity index (χ4v) is 7.40. The van der Waals surface area contributed by atoms with Crippen LogP contribution < -0.4 is 20.9 Å². The molecule has 2 atom stereocenters. The Balaban J connectivity index is 1.30. The van der Waals surface area contributed by atoms with Crippen molar-refractivity contribution in [3.8, 4) is 34.8 Å². The molecule has 0 aliphatic carbocycles. The van der Waals surface area contributed by atoms with Gasteiger partial charge in [0.15, 0.2) is 17.3 Å².